The van der Waals surface area contributed by atoms with Crippen LogP contribution in [-0.2, 0) is 61.2 Å². The van der Waals surface area contributed by atoms with Gasteiger partial charge in [-0.15, -0.1) is 0 Å². The van der Waals surface area contributed by atoms with E-state index in [0.717, 1.165) is 89.9 Å². The third-order valence-corrected chi connectivity index (χ3v) is 19.3. The Hall–Kier alpha value is -2.30. The zero-order chi connectivity index (χ0) is 69.6. The summed E-state index contributed by atoms with van der Waals surface area (Å²) in [5.74, 6) is -2.00. The maximum Gasteiger partial charge on any atom is 0.472 e. The van der Waals surface area contributed by atoms with E-state index in [1.807, 2.05) is 0 Å². The van der Waals surface area contributed by atoms with Crippen LogP contribution in [0.5, 0.6) is 0 Å². The van der Waals surface area contributed by atoms with Gasteiger partial charge in [0.2, 0.25) is 0 Å². The van der Waals surface area contributed by atoms with E-state index in [0.29, 0.717) is 19.3 Å². The molecule has 25 heteroatoms. The van der Waals surface area contributed by atoms with Gasteiger partial charge in [-0.25, -0.2) is 4.57 Å². The van der Waals surface area contributed by atoms with E-state index in [4.69, 9.17) is 42.2 Å². The lowest BCUT2D eigenvalue weighted by Crippen LogP contribution is -2.69. The molecule has 1 aliphatic carbocycles. The smallest absolute Gasteiger partial charge is 0.463 e. The maximum atomic E-state index is 14.3. The maximum absolute atomic E-state index is 14.3. The Labute approximate surface area is 567 Å². The van der Waals surface area contributed by atoms with Crippen molar-refractivity contribution in [2.45, 2.75) is 388 Å². The van der Waals surface area contributed by atoms with Crippen LogP contribution in [-0.4, -0.2) is 204 Å². The van der Waals surface area contributed by atoms with Crippen LogP contribution in [0.3, 0.4) is 0 Å². The van der Waals surface area contributed by atoms with Gasteiger partial charge in [0.1, 0.15) is 98.7 Å². The lowest BCUT2D eigenvalue weighted by molar-refractivity contribution is -0.360. The molecule has 0 radical (unpaired) electrons. The second-order valence-electron chi connectivity index (χ2n) is 26.7. The van der Waals surface area contributed by atoms with Crippen LogP contribution in [0.15, 0.2) is 12.2 Å². The fourth-order valence-corrected chi connectivity index (χ4v) is 13.2. The molecule has 2 heterocycles. The van der Waals surface area contributed by atoms with Crippen LogP contribution in [0.2, 0.25) is 0 Å². The lowest BCUT2D eigenvalue weighted by Gasteiger charge is -2.49. The van der Waals surface area contributed by atoms with E-state index < -0.39 is 156 Å². The van der Waals surface area contributed by atoms with Gasteiger partial charge in [-0.3, -0.25) is 23.4 Å². The normalized spacial score (nSPS) is 28.1. The number of hydrogen-bond donors (Lipinski definition) is 11. The van der Waals surface area contributed by atoms with Gasteiger partial charge < -0.3 is 89.1 Å². The number of esters is 3. The summed E-state index contributed by atoms with van der Waals surface area (Å²) in [6.45, 7) is 3.42. The Bertz CT molecular complexity index is 2020. The molecule has 0 aromatic heterocycles. The highest BCUT2D eigenvalue weighted by Crippen LogP contribution is 2.49. The number of rotatable bonds is 57. The molecule has 0 amide bonds. The third kappa shape index (κ3) is 36.2. The average molecular weight is 1390 g/mol. The van der Waals surface area contributed by atoms with Gasteiger partial charge in [-0.2, -0.15) is 0 Å². The Kier molecular flexibility index (Phi) is 48.2. The van der Waals surface area contributed by atoms with Gasteiger partial charge in [0.05, 0.1) is 13.2 Å². The highest BCUT2D eigenvalue weighted by molar-refractivity contribution is 7.47. The van der Waals surface area contributed by atoms with Crippen molar-refractivity contribution >= 4 is 25.7 Å². The van der Waals surface area contributed by atoms with Crippen molar-refractivity contribution in [3.63, 3.8) is 0 Å². The number of phosphoric ester groups is 1. The number of unbranched alkanes of at least 4 members (excludes halogenated alkanes) is 34. The topological polar surface area (TPSA) is 374 Å². The first-order chi connectivity index (χ1) is 45.8. The highest BCUT2D eigenvalue weighted by Gasteiger charge is 2.58. The van der Waals surface area contributed by atoms with Gasteiger partial charge in [0, 0.05) is 19.3 Å². The fourth-order valence-electron chi connectivity index (χ4n) is 12.2. The Morgan fingerprint density at radius 3 is 1.15 bits per heavy atom. The number of carbonyl (C=O) groups is 3. The highest BCUT2D eigenvalue weighted by atomic mass is 31.2. The summed E-state index contributed by atoms with van der Waals surface area (Å²) in [5, 5.41) is 110. The first-order valence-corrected chi connectivity index (χ1v) is 38.5. The fraction of sp³-hybridized carbons (Fsp3) is 0.929. The van der Waals surface area contributed by atoms with E-state index in [1.165, 1.54) is 135 Å². The van der Waals surface area contributed by atoms with Crippen LogP contribution < -0.4 is 0 Å². The molecule has 18 unspecified atom stereocenters. The number of phosphoric acid groups is 1. The molecule has 0 spiro atoms. The van der Waals surface area contributed by atoms with Crippen molar-refractivity contribution in [2.75, 3.05) is 26.4 Å². The summed E-state index contributed by atoms with van der Waals surface area (Å²) in [4.78, 5) is 50.9. The molecular formula is C70H129O24P. The summed E-state index contributed by atoms with van der Waals surface area (Å²) < 4.78 is 64.9. The Morgan fingerprint density at radius 1 is 0.400 bits per heavy atom. The molecular weight excluding hydrogens is 1260 g/mol. The third-order valence-electron chi connectivity index (χ3n) is 18.3. The monoisotopic (exact) mass is 1380 g/mol. The number of carbonyl (C=O) groups excluding carboxylic acids is 3. The van der Waals surface area contributed by atoms with E-state index in [-0.39, 0.29) is 19.3 Å². The summed E-state index contributed by atoms with van der Waals surface area (Å²) in [5.41, 5.74) is 0. The summed E-state index contributed by atoms with van der Waals surface area (Å²) in [6.07, 6.45) is 10.1. The van der Waals surface area contributed by atoms with Crippen molar-refractivity contribution in [3.05, 3.63) is 12.2 Å². The molecule has 24 nitrogen and oxygen atoms in total. The Balaban J connectivity index is 1.74. The van der Waals surface area contributed by atoms with E-state index in [2.05, 4.69) is 32.9 Å². The first kappa shape index (κ1) is 86.9. The molecule has 2 aliphatic heterocycles. The number of hydrogen-bond acceptors (Lipinski definition) is 23. The lowest BCUT2D eigenvalue weighted by atomic mass is 9.84. The van der Waals surface area contributed by atoms with Gasteiger partial charge in [0.25, 0.3) is 0 Å². The number of aliphatic hydroxyl groups is 10. The Morgan fingerprint density at radius 2 is 0.737 bits per heavy atom. The van der Waals surface area contributed by atoms with Crippen LogP contribution in [0.4, 0.5) is 0 Å². The van der Waals surface area contributed by atoms with Crippen molar-refractivity contribution in [3.8, 4) is 0 Å². The minimum Gasteiger partial charge on any atom is -0.463 e. The second kappa shape index (κ2) is 52.6. The van der Waals surface area contributed by atoms with Crippen molar-refractivity contribution in [1.29, 1.82) is 0 Å². The van der Waals surface area contributed by atoms with Gasteiger partial charge in [0.15, 0.2) is 18.7 Å². The minimum atomic E-state index is -5.69. The molecule has 0 bridgehead atoms. The molecule has 95 heavy (non-hydrogen) atoms. The van der Waals surface area contributed by atoms with E-state index in [1.54, 1.807) is 0 Å². The summed E-state index contributed by atoms with van der Waals surface area (Å²) in [7, 11) is -5.69. The molecule has 18 atom stereocenters. The zero-order valence-corrected chi connectivity index (χ0v) is 58.9. The van der Waals surface area contributed by atoms with Crippen LogP contribution in [0.1, 0.15) is 284 Å². The second-order valence-corrected chi connectivity index (χ2v) is 28.1. The van der Waals surface area contributed by atoms with Crippen LogP contribution >= 0.6 is 7.82 Å². The van der Waals surface area contributed by atoms with E-state index in [9.17, 15) is 74.9 Å². The van der Waals surface area contributed by atoms with Crippen molar-refractivity contribution in [1.82, 2.24) is 0 Å². The van der Waals surface area contributed by atoms with Crippen LogP contribution in [0.25, 0.3) is 0 Å². The van der Waals surface area contributed by atoms with Crippen LogP contribution in [0, 0.1) is 0 Å². The predicted octanol–water partition coefficient (Wildman–Crippen LogP) is 9.57. The molecule has 0 aromatic rings. The van der Waals surface area contributed by atoms with Gasteiger partial charge >= 0.3 is 25.7 Å². The SMILES string of the molecule is CCCCCCCC/C=C\CCCCCC(=O)OCC1OC(OC2C(O)C(O)C(O)C(OC3OC(CO)C(O)C(O)C3O)C2OP(=O)(O)OCC(COC(=O)CCCCCCCCCCCCCCCCC)OC(=O)CCCCCCCCCCCCCC)C(O)C(O)C1O. The summed E-state index contributed by atoms with van der Waals surface area (Å²) >= 11 is 0. The number of allylic oxidation sites excluding steroid dienone is 2. The van der Waals surface area contributed by atoms with Gasteiger partial charge in [-0.05, 0) is 44.9 Å². The van der Waals surface area contributed by atoms with Crippen molar-refractivity contribution in [2.24, 2.45) is 0 Å². The molecule has 3 fully saturated rings. The molecule has 558 valence electrons. The molecule has 0 aromatic carbocycles. The quantitative estimate of drug-likeness (QED) is 0.00887. The molecule has 3 rings (SSSR count). The summed E-state index contributed by atoms with van der Waals surface area (Å²) in [6, 6.07) is 0. The molecule has 11 N–H and O–H groups in total. The predicted molar refractivity (Wildman–Crippen MR) is 356 cm³/mol. The van der Waals surface area contributed by atoms with E-state index >= 15 is 0 Å². The average Bonchev–Trinajstić information content (AvgIpc) is 0.764. The minimum absolute atomic E-state index is 0.00933. The largest absolute Gasteiger partial charge is 0.472 e. The molecule has 1 saturated carbocycles. The first-order valence-electron chi connectivity index (χ1n) is 37.0. The standard InChI is InChI=1S/C70H129O24P/c1-4-7-10-13-16-19-22-25-26-28-31-32-35-38-41-44-54(72)86-48-51(89-56(74)46-43-40-37-34-29-24-21-18-15-12-9-6-3)49-88-95(84,85)94-68-66(92-69-64(82)59(77)57(75)52(47-71)90-69)62(80)61(79)63(81)67(68)93-70-65(83)60(78)58(76)53(91-70)50-87-55(73)45-42-39-36-33-30-27-23-20-17-14-11-8-5-2/h27,30,51-53,57-71,75-83H,4-26,28-29,31-50H2,1-3H3,(H,84,85)/b30-27-. The zero-order valence-electron chi connectivity index (χ0n) is 58.0. The van der Waals surface area contributed by atoms with Crippen molar-refractivity contribution < 1.29 is 117 Å². The molecule has 2 saturated heterocycles. The number of aliphatic hydroxyl groups excluding tert-OH is 10. The molecule has 3 aliphatic rings. The number of ether oxygens (including phenoxy) is 7. The van der Waals surface area contributed by atoms with Gasteiger partial charge in [-0.1, -0.05) is 232 Å².